The standard InChI is InChI=1S/C24H37N3O4/c1-19(28)27-13-7-12-25(21-10-16-30-17-11-21)14-15-26(23(29)31-24(2,3)4)18-20-8-5-6-9-22(20)27/h5-6,8-9,21H,7,10-18H2,1-4H3. The molecule has 0 bridgehead atoms. The fourth-order valence-corrected chi connectivity index (χ4v) is 4.33. The van der Waals surface area contributed by atoms with Crippen molar-refractivity contribution in [2.75, 3.05) is 44.3 Å². The molecule has 0 radical (unpaired) electrons. The maximum Gasteiger partial charge on any atom is 0.410 e. The van der Waals surface area contributed by atoms with E-state index >= 15 is 0 Å². The van der Waals surface area contributed by atoms with Gasteiger partial charge in [0.2, 0.25) is 5.91 Å². The monoisotopic (exact) mass is 431 g/mol. The largest absolute Gasteiger partial charge is 0.444 e. The molecule has 2 heterocycles. The highest BCUT2D eigenvalue weighted by atomic mass is 16.6. The molecule has 0 aliphatic carbocycles. The smallest absolute Gasteiger partial charge is 0.410 e. The van der Waals surface area contributed by atoms with Crippen molar-refractivity contribution in [1.82, 2.24) is 9.80 Å². The molecule has 0 aromatic heterocycles. The molecule has 1 aromatic carbocycles. The van der Waals surface area contributed by atoms with Gasteiger partial charge in [-0.15, -0.1) is 0 Å². The number of para-hydroxylation sites is 1. The normalized spacial score (nSPS) is 20.0. The first-order valence-electron chi connectivity index (χ1n) is 11.4. The number of anilines is 1. The van der Waals surface area contributed by atoms with Crippen LogP contribution >= 0.6 is 0 Å². The number of benzene rings is 1. The molecule has 1 aromatic rings. The highest BCUT2D eigenvalue weighted by Gasteiger charge is 2.28. The summed E-state index contributed by atoms with van der Waals surface area (Å²) in [4.78, 5) is 31.6. The van der Waals surface area contributed by atoms with E-state index < -0.39 is 5.60 Å². The predicted octanol–water partition coefficient (Wildman–Crippen LogP) is 3.66. The molecule has 2 aliphatic heterocycles. The van der Waals surface area contributed by atoms with Gasteiger partial charge in [0, 0.05) is 58.0 Å². The number of rotatable bonds is 1. The minimum Gasteiger partial charge on any atom is -0.444 e. The summed E-state index contributed by atoms with van der Waals surface area (Å²) in [5, 5.41) is 0. The van der Waals surface area contributed by atoms with E-state index in [0.717, 1.165) is 56.8 Å². The summed E-state index contributed by atoms with van der Waals surface area (Å²) >= 11 is 0. The Morgan fingerprint density at radius 1 is 1.03 bits per heavy atom. The second-order valence-corrected chi connectivity index (χ2v) is 9.43. The van der Waals surface area contributed by atoms with Gasteiger partial charge in [-0.3, -0.25) is 9.69 Å². The topological polar surface area (TPSA) is 62.3 Å². The molecule has 2 aliphatic rings. The Balaban J connectivity index is 1.89. The number of carbonyl (C=O) groups excluding carboxylic acids is 2. The first kappa shape index (κ1) is 23.5. The van der Waals surface area contributed by atoms with Gasteiger partial charge in [0.1, 0.15) is 5.60 Å². The third-order valence-corrected chi connectivity index (χ3v) is 5.87. The van der Waals surface area contributed by atoms with E-state index in [9.17, 15) is 9.59 Å². The van der Waals surface area contributed by atoms with Crippen LogP contribution in [-0.4, -0.2) is 72.8 Å². The molecule has 7 nitrogen and oxygen atoms in total. The number of ether oxygens (including phenoxy) is 2. The molecule has 3 rings (SSSR count). The minimum absolute atomic E-state index is 0.0214. The van der Waals surface area contributed by atoms with Gasteiger partial charge in [0.15, 0.2) is 0 Å². The highest BCUT2D eigenvalue weighted by molar-refractivity contribution is 5.92. The van der Waals surface area contributed by atoms with E-state index in [0.29, 0.717) is 25.7 Å². The number of carbonyl (C=O) groups is 2. The fourth-order valence-electron chi connectivity index (χ4n) is 4.33. The Labute approximate surface area is 186 Å². The predicted molar refractivity (Wildman–Crippen MR) is 121 cm³/mol. The van der Waals surface area contributed by atoms with Crippen LogP contribution in [0.5, 0.6) is 0 Å². The molecule has 0 unspecified atom stereocenters. The van der Waals surface area contributed by atoms with E-state index in [-0.39, 0.29) is 12.0 Å². The Bertz CT molecular complexity index is 755. The summed E-state index contributed by atoms with van der Waals surface area (Å²) < 4.78 is 11.3. The molecule has 0 spiro atoms. The number of hydrogen-bond acceptors (Lipinski definition) is 5. The lowest BCUT2D eigenvalue weighted by molar-refractivity contribution is -0.116. The summed E-state index contributed by atoms with van der Waals surface area (Å²) in [6.07, 6.45) is 2.58. The third-order valence-electron chi connectivity index (χ3n) is 5.87. The molecule has 0 atom stereocenters. The van der Waals surface area contributed by atoms with Crippen molar-refractivity contribution in [3.8, 4) is 0 Å². The van der Waals surface area contributed by atoms with Crippen LogP contribution in [0.1, 0.15) is 52.5 Å². The Morgan fingerprint density at radius 3 is 2.42 bits per heavy atom. The van der Waals surface area contributed by atoms with E-state index in [1.165, 1.54) is 0 Å². The summed E-state index contributed by atoms with van der Waals surface area (Å²) in [5.74, 6) is 0.0214. The quantitative estimate of drug-likeness (QED) is 0.679. The number of nitrogens with zero attached hydrogens (tertiary/aromatic N) is 3. The fraction of sp³-hybridized carbons (Fsp3) is 0.667. The summed E-state index contributed by atoms with van der Waals surface area (Å²) in [6.45, 7) is 12.2. The molecule has 2 amide bonds. The van der Waals surface area contributed by atoms with E-state index in [1.807, 2.05) is 49.9 Å². The van der Waals surface area contributed by atoms with E-state index in [2.05, 4.69) is 4.90 Å². The zero-order chi connectivity index (χ0) is 22.4. The molecular weight excluding hydrogens is 394 g/mol. The van der Waals surface area contributed by atoms with Crippen LogP contribution in [0.2, 0.25) is 0 Å². The Hall–Kier alpha value is -2.12. The maximum absolute atomic E-state index is 13.1. The van der Waals surface area contributed by atoms with Crippen LogP contribution < -0.4 is 4.90 Å². The maximum atomic E-state index is 13.1. The van der Waals surface area contributed by atoms with Crippen molar-refractivity contribution >= 4 is 17.7 Å². The van der Waals surface area contributed by atoms with Crippen LogP contribution in [0.15, 0.2) is 24.3 Å². The van der Waals surface area contributed by atoms with Crippen molar-refractivity contribution < 1.29 is 19.1 Å². The van der Waals surface area contributed by atoms with Crippen LogP contribution in [0.4, 0.5) is 10.5 Å². The van der Waals surface area contributed by atoms with Gasteiger partial charge in [0.25, 0.3) is 0 Å². The third kappa shape index (κ3) is 6.68. The van der Waals surface area contributed by atoms with Gasteiger partial charge in [0.05, 0.1) is 6.54 Å². The van der Waals surface area contributed by atoms with Crippen LogP contribution in [0.3, 0.4) is 0 Å². The molecule has 0 N–H and O–H groups in total. The van der Waals surface area contributed by atoms with Crippen molar-refractivity contribution in [3.05, 3.63) is 29.8 Å². The molecule has 1 saturated heterocycles. The number of hydrogen-bond donors (Lipinski definition) is 0. The summed E-state index contributed by atoms with van der Waals surface area (Å²) in [5.41, 5.74) is 1.28. The molecule has 172 valence electrons. The van der Waals surface area contributed by atoms with Crippen molar-refractivity contribution in [2.45, 2.75) is 65.1 Å². The Morgan fingerprint density at radius 2 is 1.74 bits per heavy atom. The lowest BCUT2D eigenvalue weighted by Gasteiger charge is -2.36. The second-order valence-electron chi connectivity index (χ2n) is 9.43. The van der Waals surface area contributed by atoms with Crippen LogP contribution in [0.25, 0.3) is 0 Å². The number of amides is 2. The molecule has 7 heteroatoms. The van der Waals surface area contributed by atoms with Gasteiger partial charge < -0.3 is 19.3 Å². The second kappa shape index (κ2) is 10.5. The highest BCUT2D eigenvalue weighted by Crippen LogP contribution is 2.25. The zero-order valence-electron chi connectivity index (χ0n) is 19.4. The average molecular weight is 432 g/mol. The SMILES string of the molecule is CC(=O)N1CCCN(C2CCOCC2)CCN(C(=O)OC(C)(C)C)Cc2ccccc21. The van der Waals surface area contributed by atoms with Crippen molar-refractivity contribution in [2.24, 2.45) is 0 Å². The lowest BCUT2D eigenvalue weighted by Crippen LogP contribution is -2.46. The zero-order valence-corrected chi connectivity index (χ0v) is 19.4. The molecule has 31 heavy (non-hydrogen) atoms. The van der Waals surface area contributed by atoms with Gasteiger partial charge in [-0.25, -0.2) is 4.79 Å². The molecular formula is C24H37N3O4. The van der Waals surface area contributed by atoms with Crippen LogP contribution in [0, 0.1) is 0 Å². The van der Waals surface area contributed by atoms with E-state index in [1.54, 1.807) is 11.8 Å². The van der Waals surface area contributed by atoms with E-state index in [4.69, 9.17) is 9.47 Å². The first-order chi connectivity index (χ1) is 14.7. The van der Waals surface area contributed by atoms with Crippen LogP contribution in [-0.2, 0) is 20.8 Å². The first-order valence-corrected chi connectivity index (χ1v) is 11.4. The number of fused-ring (bicyclic) bond motifs is 1. The summed E-state index contributed by atoms with van der Waals surface area (Å²) in [7, 11) is 0. The Kier molecular flexibility index (Phi) is 7.94. The van der Waals surface area contributed by atoms with Crippen molar-refractivity contribution in [3.63, 3.8) is 0 Å². The van der Waals surface area contributed by atoms with Crippen molar-refractivity contribution in [1.29, 1.82) is 0 Å². The average Bonchev–Trinajstić information content (AvgIpc) is 2.75. The lowest BCUT2D eigenvalue weighted by atomic mass is 10.1. The van der Waals surface area contributed by atoms with Gasteiger partial charge in [-0.05, 0) is 51.7 Å². The minimum atomic E-state index is -0.561. The van der Waals surface area contributed by atoms with Gasteiger partial charge in [-0.2, -0.15) is 0 Å². The van der Waals surface area contributed by atoms with Gasteiger partial charge >= 0.3 is 6.09 Å². The molecule has 1 fully saturated rings. The summed E-state index contributed by atoms with van der Waals surface area (Å²) in [6, 6.07) is 8.32. The molecule has 0 saturated carbocycles. The van der Waals surface area contributed by atoms with Gasteiger partial charge in [-0.1, -0.05) is 18.2 Å².